The molecule has 0 aliphatic heterocycles. The number of hydrogen-bond donors (Lipinski definition) is 0. The van der Waals surface area contributed by atoms with Gasteiger partial charge in [0.1, 0.15) is 0 Å². The Morgan fingerprint density at radius 1 is 1.06 bits per heavy atom. The smallest absolute Gasteiger partial charge is 0.0257 e. The van der Waals surface area contributed by atoms with E-state index in [1.54, 1.807) is 0 Å². The number of nitrogens with zero attached hydrogens (tertiary/aromatic N) is 2. The largest absolute Gasteiger partial charge is 0.758 e. The molecule has 0 radical (unpaired) electrons. The van der Waals surface area contributed by atoms with Gasteiger partial charge in [0.25, 0.3) is 0 Å². The highest BCUT2D eigenvalue weighted by Crippen LogP contribution is 2.28. The van der Waals surface area contributed by atoms with E-state index in [2.05, 4.69) is 0 Å². The van der Waals surface area contributed by atoms with Crippen LogP contribution in [0.2, 0.25) is 0 Å². The molecule has 0 heterocycles. The van der Waals surface area contributed by atoms with Gasteiger partial charge in [-0.05, 0) is 44.3 Å². The minimum atomic E-state index is 0.278. The molecule has 4 heteroatoms. The van der Waals surface area contributed by atoms with E-state index in [4.69, 9.17) is 0 Å². The third-order valence-corrected chi connectivity index (χ3v) is 3.13. The van der Waals surface area contributed by atoms with Crippen molar-refractivity contribution in [2.24, 2.45) is 0 Å². The summed E-state index contributed by atoms with van der Waals surface area (Å²) in [6, 6.07) is 7.54. The summed E-state index contributed by atoms with van der Waals surface area (Å²) < 4.78 is 0. The van der Waals surface area contributed by atoms with Crippen molar-refractivity contribution in [1.82, 2.24) is 5.06 Å². The summed E-state index contributed by atoms with van der Waals surface area (Å²) in [7, 11) is 2.98. The third kappa shape index (κ3) is 2.72. The molecule has 18 heavy (non-hydrogen) atoms. The maximum atomic E-state index is 11.1. The Balaban J connectivity index is 2.09. The Bertz CT molecular complexity index is 461. The molecule has 2 rings (SSSR count). The summed E-state index contributed by atoms with van der Waals surface area (Å²) in [6.07, 6.45) is 6.62. The van der Waals surface area contributed by atoms with Crippen LogP contribution in [0.15, 0.2) is 48.2 Å². The van der Waals surface area contributed by atoms with Crippen LogP contribution in [-0.2, 0) is 0 Å². The van der Waals surface area contributed by atoms with Crippen molar-refractivity contribution in [2.45, 2.75) is 12.3 Å². The average Bonchev–Trinajstić information content (AvgIpc) is 2.39. The lowest BCUT2D eigenvalue weighted by molar-refractivity contribution is 0.580. The zero-order valence-corrected chi connectivity index (χ0v) is 10.5. The van der Waals surface area contributed by atoms with Crippen molar-refractivity contribution in [1.29, 1.82) is 0 Å². The number of rotatable bonds is 3. The quantitative estimate of drug-likeness (QED) is 0.767. The van der Waals surface area contributed by atoms with Crippen LogP contribution >= 0.6 is 0 Å². The Morgan fingerprint density at radius 2 is 1.72 bits per heavy atom. The number of hydrogen-bond acceptors (Lipinski definition) is 4. The minimum Gasteiger partial charge on any atom is -0.758 e. The van der Waals surface area contributed by atoms with E-state index < -0.39 is 0 Å². The molecular weight excluding hydrogens is 228 g/mol. The average molecular weight is 244 g/mol. The molecule has 1 aliphatic carbocycles. The number of allylic oxidation sites excluding steroid dienone is 3. The highest BCUT2D eigenvalue weighted by molar-refractivity contribution is 5.48. The fourth-order valence-corrected chi connectivity index (χ4v) is 2.02. The molecular formula is C14H16N2O2-2. The molecule has 96 valence electrons. The van der Waals surface area contributed by atoms with Gasteiger partial charge in [-0.2, -0.15) is 0 Å². The fourth-order valence-electron chi connectivity index (χ4n) is 2.02. The molecule has 0 amide bonds. The van der Waals surface area contributed by atoms with Crippen LogP contribution in [-0.4, -0.2) is 19.2 Å². The third-order valence-electron chi connectivity index (χ3n) is 3.13. The van der Waals surface area contributed by atoms with E-state index in [9.17, 15) is 10.4 Å². The highest BCUT2D eigenvalue weighted by Gasteiger charge is 2.10. The lowest BCUT2D eigenvalue weighted by Crippen LogP contribution is -2.10. The van der Waals surface area contributed by atoms with Crippen molar-refractivity contribution >= 4 is 5.69 Å². The first-order chi connectivity index (χ1) is 8.58. The lowest BCUT2D eigenvalue weighted by Gasteiger charge is -2.29. The Kier molecular flexibility index (Phi) is 3.69. The molecule has 0 aromatic heterocycles. The molecule has 0 saturated heterocycles. The number of anilines is 1. The van der Waals surface area contributed by atoms with Crippen molar-refractivity contribution in [2.75, 3.05) is 19.2 Å². The fraction of sp³-hybridized carbons (Fsp3) is 0.286. The van der Waals surface area contributed by atoms with Gasteiger partial charge in [0.05, 0.1) is 0 Å². The van der Waals surface area contributed by atoms with E-state index >= 15 is 0 Å². The van der Waals surface area contributed by atoms with E-state index in [-0.39, 0.29) is 5.92 Å². The molecule has 1 atom stereocenters. The van der Waals surface area contributed by atoms with Crippen LogP contribution in [0.3, 0.4) is 0 Å². The van der Waals surface area contributed by atoms with Crippen LogP contribution in [0.5, 0.6) is 0 Å². The van der Waals surface area contributed by atoms with E-state index in [0.717, 1.165) is 22.1 Å². The SMILES string of the molecule is CN([O-])C1=CCC(c2ccc(N(C)[O-])cc2)C=C1. The zero-order chi connectivity index (χ0) is 13.1. The molecule has 1 aromatic rings. The molecule has 0 N–H and O–H groups in total. The second kappa shape index (κ2) is 5.25. The van der Waals surface area contributed by atoms with Gasteiger partial charge in [-0.3, -0.25) is 0 Å². The van der Waals surface area contributed by atoms with Crippen molar-refractivity contribution in [3.63, 3.8) is 0 Å². The van der Waals surface area contributed by atoms with Crippen molar-refractivity contribution < 1.29 is 0 Å². The zero-order valence-electron chi connectivity index (χ0n) is 10.5. The second-order valence-corrected chi connectivity index (χ2v) is 4.42. The molecule has 1 unspecified atom stereocenters. The Morgan fingerprint density at radius 3 is 2.17 bits per heavy atom. The Labute approximate surface area is 107 Å². The first-order valence-electron chi connectivity index (χ1n) is 5.88. The van der Waals surface area contributed by atoms with Crippen LogP contribution in [0.25, 0.3) is 0 Å². The maximum Gasteiger partial charge on any atom is 0.0257 e. The Hall–Kier alpha value is -1.78. The number of hydroxylamine groups is 3. The predicted molar refractivity (Wildman–Crippen MR) is 73.9 cm³/mol. The molecule has 0 fully saturated rings. The summed E-state index contributed by atoms with van der Waals surface area (Å²) in [4.78, 5) is 0. The van der Waals surface area contributed by atoms with Crippen molar-refractivity contribution in [3.05, 3.63) is 64.2 Å². The normalized spacial score (nSPS) is 18.4. The van der Waals surface area contributed by atoms with E-state index in [0.29, 0.717) is 11.4 Å². The maximum absolute atomic E-state index is 11.1. The molecule has 0 bridgehead atoms. The summed E-state index contributed by atoms with van der Waals surface area (Å²) in [6.45, 7) is 0. The highest BCUT2D eigenvalue weighted by atomic mass is 16.5. The summed E-state index contributed by atoms with van der Waals surface area (Å²) in [5, 5.41) is 23.9. The van der Waals surface area contributed by atoms with Gasteiger partial charge in [0.2, 0.25) is 0 Å². The molecule has 1 aromatic carbocycles. The van der Waals surface area contributed by atoms with Gasteiger partial charge < -0.3 is 20.5 Å². The first kappa shape index (κ1) is 12.7. The second-order valence-electron chi connectivity index (χ2n) is 4.42. The van der Waals surface area contributed by atoms with Gasteiger partial charge >= 0.3 is 0 Å². The van der Waals surface area contributed by atoms with E-state index in [1.165, 1.54) is 14.1 Å². The number of benzene rings is 1. The monoisotopic (exact) mass is 244 g/mol. The minimum absolute atomic E-state index is 0.278. The summed E-state index contributed by atoms with van der Waals surface area (Å²) in [5.74, 6) is 0.278. The van der Waals surface area contributed by atoms with Crippen LogP contribution in [0.1, 0.15) is 17.9 Å². The molecule has 1 aliphatic rings. The van der Waals surface area contributed by atoms with Crippen LogP contribution in [0.4, 0.5) is 5.69 Å². The molecule has 0 spiro atoms. The van der Waals surface area contributed by atoms with Crippen LogP contribution in [0, 0.1) is 10.4 Å². The van der Waals surface area contributed by atoms with E-state index in [1.807, 2.05) is 42.5 Å². The van der Waals surface area contributed by atoms with Gasteiger partial charge in [0, 0.05) is 17.3 Å². The number of likely N-dealkylation sites (N-methyl/N-ethyl adjacent to an activating group) is 1. The first-order valence-corrected chi connectivity index (χ1v) is 5.88. The molecule has 0 saturated carbocycles. The standard InChI is InChI=1S/C14H16N2O2/c1-15(17)13-7-3-11(4-8-13)12-5-9-14(10-6-12)16(2)18/h3-5,7-10,12H,6H2,1-2H3/q-2. The summed E-state index contributed by atoms with van der Waals surface area (Å²) >= 11 is 0. The van der Waals surface area contributed by atoms with Gasteiger partial charge in [-0.1, -0.05) is 24.3 Å². The summed E-state index contributed by atoms with van der Waals surface area (Å²) in [5.41, 5.74) is 2.50. The van der Waals surface area contributed by atoms with Gasteiger partial charge in [0.15, 0.2) is 0 Å². The van der Waals surface area contributed by atoms with Crippen molar-refractivity contribution in [3.8, 4) is 0 Å². The lowest BCUT2D eigenvalue weighted by atomic mass is 9.91. The predicted octanol–water partition coefficient (Wildman–Crippen LogP) is 2.98. The van der Waals surface area contributed by atoms with Gasteiger partial charge in [-0.25, -0.2) is 0 Å². The topological polar surface area (TPSA) is 52.6 Å². The van der Waals surface area contributed by atoms with Crippen LogP contribution < -0.4 is 5.06 Å². The van der Waals surface area contributed by atoms with Gasteiger partial charge in [-0.15, -0.1) is 0 Å². The molecule has 4 nitrogen and oxygen atoms in total.